The molecule has 2 aromatic heterocycles. The number of aromatic amines is 1. The topological polar surface area (TPSA) is 101 Å². The van der Waals surface area contributed by atoms with E-state index in [1.165, 1.54) is 5.57 Å². The normalized spacial score (nSPS) is 12.0. The van der Waals surface area contributed by atoms with Gasteiger partial charge in [0.25, 0.3) is 0 Å². The molecule has 0 atom stereocenters. The summed E-state index contributed by atoms with van der Waals surface area (Å²) in [7, 11) is 0. The number of nitrogens with one attached hydrogen (secondary N) is 1. The number of benzene rings is 3. The van der Waals surface area contributed by atoms with Gasteiger partial charge in [-0.1, -0.05) is 49.4 Å². The Kier molecular flexibility index (Phi) is 6.85. The average Bonchev–Trinajstić information content (AvgIpc) is 3.40. The van der Waals surface area contributed by atoms with Crippen LogP contribution < -0.4 is 4.74 Å². The van der Waals surface area contributed by atoms with Crippen molar-refractivity contribution < 1.29 is 14.6 Å². The van der Waals surface area contributed by atoms with Crippen LogP contribution in [0.15, 0.2) is 97.6 Å². The second-order valence-corrected chi connectivity index (χ2v) is 8.34. The van der Waals surface area contributed by atoms with Gasteiger partial charge < -0.3 is 9.84 Å². The van der Waals surface area contributed by atoms with Gasteiger partial charge in [-0.05, 0) is 70.2 Å². The molecule has 0 aliphatic rings. The first-order chi connectivity index (χ1) is 18.1. The summed E-state index contributed by atoms with van der Waals surface area (Å²) in [6.45, 7) is 2.14. The monoisotopic (exact) mass is 488 g/mol. The molecule has 182 valence electrons. The number of hydrogen-bond acceptors (Lipinski definition) is 5. The first-order valence-electron chi connectivity index (χ1n) is 11.8. The molecular weight excluding hydrogens is 464 g/mol. The van der Waals surface area contributed by atoms with Gasteiger partial charge in [-0.15, -0.1) is 0 Å². The molecule has 0 saturated carbocycles. The first kappa shape index (κ1) is 23.7. The minimum Gasteiger partial charge on any atom is -0.478 e. The third kappa shape index (κ3) is 5.46. The van der Waals surface area contributed by atoms with Gasteiger partial charge in [-0.25, -0.2) is 9.78 Å². The fourth-order valence-electron chi connectivity index (χ4n) is 4.25. The van der Waals surface area contributed by atoms with E-state index in [1.807, 2.05) is 60.8 Å². The summed E-state index contributed by atoms with van der Waals surface area (Å²) >= 11 is 0. The summed E-state index contributed by atoms with van der Waals surface area (Å²) in [5.74, 6) is 0.140. The Morgan fingerprint density at radius 1 is 0.946 bits per heavy atom. The zero-order valence-electron chi connectivity index (χ0n) is 20.1. The number of hydrogen-bond donors (Lipinski definition) is 2. The molecule has 5 aromatic rings. The lowest BCUT2D eigenvalue weighted by atomic mass is 9.87. The highest BCUT2D eigenvalue weighted by Gasteiger charge is 2.14. The van der Waals surface area contributed by atoms with Crippen molar-refractivity contribution in [2.45, 2.75) is 13.3 Å². The lowest BCUT2D eigenvalue weighted by Gasteiger charge is -2.17. The van der Waals surface area contributed by atoms with Crippen LogP contribution in [0.25, 0.3) is 28.1 Å². The summed E-state index contributed by atoms with van der Waals surface area (Å²) in [6.07, 6.45) is 10.1. The highest BCUT2D eigenvalue weighted by atomic mass is 16.5. The van der Waals surface area contributed by atoms with Gasteiger partial charge in [0.05, 0.1) is 17.9 Å². The van der Waals surface area contributed by atoms with Crippen LogP contribution in [0.1, 0.15) is 35.6 Å². The van der Waals surface area contributed by atoms with Crippen molar-refractivity contribution in [1.82, 2.24) is 20.2 Å². The third-order valence-electron chi connectivity index (χ3n) is 5.97. The quantitative estimate of drug-likeness (QED) is 0.188. The number of carboxylic acids is 1. The van der Waals surface area contributed by atoms with Crippen LogP contribution in [0.5, 0.6) is 11.6 Å². The van der Waals surface area contributed by atoms with Crippen LogP contribution in [0, 0.1) is 0 Å². The molecule has 0 radical (unpaired) electrons. The Labute approximate surface area is 213 Å². The Balaban J connectivity index is 1.58. The van der Waals surface area contributed by atoms with E-state index in [0.29, 0.717) is 11.6 Å². The van der Waals surface area contributed by atoms with Gasteiger partial charge in [-0.2, -0.15) is 5.10 Å². The molecule has 7 heteroatoms. The standard InChI is InChI=1S/C30H24N4O3/c1-2-26(21-8-11-25(12-9-21)37-28-19-31-15-16-32-28)30(23-10-13-27-24(17-23)18-33-34-27)22-6-3-20(4-7-22)5-14-29(35)36/h3-19H,2H2,1H3,(H,33,34)(H,35,36)/b14-5+,30-26+. The van der Waals surface area contributed by atoms with Gasteiger partial charge in [0.1, 0.15) is 5.75 Å². The summed E-state index contributed by atoms with van der Waals surface area (Å²) in [6, 6.07) is 22.1. The Morgan fingerprint density at radius 3 is 2.41 bits per heavy atom. The third-order valence-corrected chi connectivity index (χ3v) is 5.97. The molecule has 0 aliphatic heterocycles. The molecule has 0 fully saturated rings. The zero-order chi connectivity index (χ0) is 25.6. The van der Waals surface area contributed by atoms with Gasteiger partial charge in [0.15, 0.2) is 0 Å². The highest BCUT2D eigenvalue weighted by Crippen LogP contribution is 2.36. The molecular formula is C30H24N4O3. The van der Waals surface area contributed by atoms with E-state index in [1.54, 1.807) is 24.7 Å². The molecule has 0 spiro atoms. The molecule has 0 aliphatic carbocycles. The minimum atomic E-state index is -0.974. The minimum absolute atomic E-state index is 0.438. The van der Waals surface area contributed by atoms with E-state index in [0.717, 1.165) is 51.2 Å². The molecule has 0 amide bonds. The average molecular weight is 489 g/mol. The summed E-state index contributed by atoms with van der Waals surface area (Å²) in [5.41, 5.74) is 7.24. The lowest BCUT2D eigenvalue weighted by Crippen LogP contribution is -1.96. The highest BCUT2D eigenvalue weighted by molar-refractivity contribution is 6.00. The van der Waals surface area contributed by atoms with Crippen molar-refractivity contribution in [2.75, 3.05) is 0 Å². The van der Waals surface area contributed by atoms with E-state index >= 15 is 0 Å². The zero-order valence-corrected chi connectivity index (χ0v) is 20.1. The van der Waals surface area contributed by atoms with Crippen LogP contribution in [0.2, 0.25) is 0 Å². The van der Waals surface area contributed by atoms with Gasteiger partial charge >= 0.3 is 5.97 Å². The molecule has 2 heterocycles. The maximum absolute atomic E-state index is 10.9. The summed E-state index contributed by atoms with van der Waals surface area (Å²) < 4.78 is 5.82. The largest absolute Gasteiger partial charge is 0.478 e. The van der Waals surface area contributed by atoms with Gasteiger partial charge in [0.2, 0.25) is 5.88 Å². The Hall–Kier alpha value is -5.04. The molecule has 0 saturated heterocycles. The van der Waals surface area contributed by atoms with E-state index in [9.17, 15) is 4.79 Å². The second kappa shape index (κ2) is 10.7. The number of carbonyl (C=O) groups is 1. The van der Waals surface area contributed by atoms with E-state index in [4.69, 9.17) is 9.84 Å². The summed E-state index contributed by atoms with van der Waals surface area (Å²) in [4.78, 5) is 19.1. The Bertz CT molecular complexity index is 1590. The first-order valence-corrected chi connectivity index (χ1v) is 11.8. The fraction of sp³-hybridized carbons (Fsp3) is 0.0667. The molecule has 3 aromatic carbocycles. The number of ether oxygens (including phenoxy) is 1. The van der Waals surface area contributed by atoms with Crippen LogP contribution in [-0.2, 0) is 4.79 Å². The maximum Gasteiger partial charge on any atom is 0.328 e. The van der Waals surface area contributed by atoms with Crippen LogP contribution in [0.4, 0.5) is 0 Å². The fourth-order valence-corrected chi connectivity index (χ4v) is 4.25. The van der Waals surface area contributed by atoms with Crippen LogP contribution >= 0.6 is 0 Å². The van der Waals surface area contributed by atoms with Crippen LogP contribution in [0.3, 0.4) is 0 Å². The summed E-state index contributed by atoms with van der Waals surface area (Å²) in [5, 5.41) is 17.2. The van der Waals surface area contributed by atoms with E-state index in [2.05, 4.69) is 39.2 Å². The van der Waals surface area contributed by atoms with Crippen molar-refractivity contribution in [2.24, 2.45) is 0 Å². The van der Waals surface area contributed by atoms with Crippen molar-refractivity contribution in [3.8, 4) is 11.6 Å². The predicted molar refractivity (Wildman–Crippen MR) is 144 cm³/mol. The van der Waals surface area contributed by atoms with Crippen molar-refractivity contribution in [1.29, 1.82) is 0 Å². The molecule has 0 bridgehead atoms. The number of H-pyrrole nitrogens is 1. The van der Waals surface area contributed by atoms with Crippen molar-refractivity contribution in [3.05, 3.63) is 120 Å². The number of allylic oxidation sites excluding steroid dienone is 1. The molecule has 37 heavy (non-hydrogen) atoms. The van der Waals surface area contributed by atoms with Crippen molar-refractivity contribution in [3.63, 3.8) is 0 Å². The number of nitrogens with zero attached hydrogens (tertiary/aromatic N) is 3. The number of aromatic nitrogens is 4. The van der Waals surface area contributed by atoms with Crippen molar-refractivity contribution >= 4 is 34.1 Å². The molecule has 7 nitrogen and oxygen atoms in total. The molecule has 2 N–H and O–H groups in total. The predicted octanol–water partition coefficient (Wildman–Crippen LogP) is 6.61. The van der Waals surface area contributed by atoms with E-state index in [-0.39, 0.29) is 0 Å². The number of aliphatic carboxylic acids is 1. The lowest BCUT2D eigenvalue weighted by molar-refractivity contribution is -0.131. The Morgan fingerprint density at radius 2 is 1.70 bits per heavy atom. The number of fused-ring (bicyclic) bond motifs is 1. The van der Waals surface area contributed by atoms with Gasteiger partial charge in [0, 0.05) is 23.9 Å². The second-order valence-electron chi connectivity index (χ2n) is 8.34. The number of carboxylic acid groups (broad SMARTS) is 1. The van der Waals surface area contributed by atoms with E-state index < -0.39 is 5.97 Å². The van der Waals surface area contributed by atoms with Gasteiger partial charge in [-0.3, -0.25) is 10.1 Å². The molecule has 5 rings (SSSR count). The van der Waals surface area contributed by atoms with Crippen LogP contribution in [-0.4, -0.2) is 31.2 Å². The smallest absolute Gasteiger partial charge is 0.328 e. The molecule has 0 unspecified atom stereocenters. The number of rotatable bonds is 8. The SMILES string of the molecule is CC/C(=C(/c1ccc(/C=C/C(=O)O)cc1)c1ccc2[nH]ncc2c1)c1ccc(Oc2cnccn2)cc1. The maximum atomic E-state index is 10.9.